The lowest BCUT2D eigenvalue weighted by Gasteiger charge is -2.59. The molecule has 5 nitrogen and oxygen atoms in total. The molecule has 1 aromatic carbocycles. The van der Waals surface area contributed by atoms with Crippen LogP contribution in [0.5, 0.6) is 0 Å². The van der Waals surface area contributed by atoms with Crippen LogP contribution in [0, 0.1) is 23.2 Å². The maximum absolute atomic E-state index is 13.1. The molecule has 25 heavy (non-hydrogen) atoms. The van der Waals surface area contributed by atoms with Gasteiger partial charge in [0, 0.05) is 6.04 Å². The fourth-order valence-corrected chi connectivity index (χ4v) is 8.24. The lowest BCUT2D eigenvalue weighted by Crippen LogP contribution is -2.55. The molecule has 0 unspecified atom stereocenters. The molecule has 0 radical (unpaired) electrons. The zero-order chi connectivity index (χ0) is 17.2. The van der Waals surface area contributed by atoms with Gasteiger partial charge < -0.3 is 0 Å². The third-order valence-electron chi connectivity index (χ3n) is 6.87. The van der Waals surface area contributed by atoms with E-state index >= 15 is 0 Å². The Balaban J connectivity index is 1.45. The molecule has 0 amide bonds. The summed E-state index contributed by atoms with van der Waals surface area (Å²) in [6.45, 7) is 2.07. The van der Waals surface area contributed by atoms with E-state index in [1.54, 1.807) is 18.2 Å². The van der Waals surface area contributed by atoms with Gasteiger partial charge in [-0.3, -0.25) is 0 Å². The lowest BCUT2D eigenvalue weighted by atomic mass is 9.48. The van der Waals surface area contributed by atoms with Crippen molar-refractivity contribution in [1.29, 1.82) is 0 Å². The molecule has 4 aliphatic carbocycles. The lowest BCUT2D eigenvalue weighted by molar-refractivity contribution is -0.0666. The van der Waals surface area contributed by atoms with Crippen molar-refractivity contribution in [3.63, 3.8) is 0 Å². The number of benzene rings is 1. The Morgan fingerprint density at radius 3 is 2.40 bits per heavy atom. The van der Waals surface area contributed by atoms with Gasteiger partial charge in [-0.05, 0) is 80.8 Å². The van der Waals surface area contributed by atoms with E-state index in [0.29, 0.717) is 11.0 Å². The predicted molar refractivity (Wildman–Crippen MR) is 97.8 cm³/mol. The second kappa shape index (κ2) is 5.47. The third-order valence-corrected chi connectivity index (χ3v) is 8.99. The van der Waals surface area contributed by atoms with Crippen LogP contribution in [-0.4, -0.2) is 23.2 Å². The molecule has 2 aromatic rings. The SMILES string of the molecule is C[C@@H](NS(=O)(=O)c1cccc2nsnc12)C12CC3CC(CC(C3)C1)C2. The number of rotatable bonds is 4. The maximum Gasteiger partial charge on any atom is 0.243 e. The van der Waals surface area contributed by atoms with Crippen LogP contribution in [0.1, 0.15) is 45.4 Å². The third kappa shape index (κ3) is 2.54. The fourth-order valence-electron chi connectivity index (χ4n) is 6.13. The minimum atomic E-state index is -3.60. The van der Waals surface area contributed by atoms with Crippen molar-refractivity contribution in [2.24, 2.45) is 23.2 Å². The minimum Gasteiger partial charge on any atom is -0.208 e. The van der Waals surface area contributed by atoms with Gasteiger partial charge in [0.15, 0.2) is 0 Å². The average Bonchev–Trinajstić information content (AvgIpc) is 3.01. The van der Waals surface area contributed by atoms with E-state index in [4.69, 9.17) is 0 Å². The molecule has 0 saturated heterocycles. The van der Waals surface area contributed by atoms with Crippen molar-refractivity contribution in [3.05, 3.63) is 18.2 Å². The van der Waals surface area contributed by atoms with Crippen LogP contribution in [0.2, 0.25) is 0 Å². The van der Waals surface area contributed by atoms with E-state index in [-0.39, 0.29) is 16.4 Å². The molecule has 1 N–H and O–H groups in total. The Labute approximate surface area is 152 Å². The van der Waals surface area contributed by atoms with E-state index in [1.807, 2.05) is 0 Å². The highest BCUT2D eigenvalue weighted by atomic mass is 32.2. The molecule has 7 heteroatoms. The van der Waals surface area contributed by atoms with Gasteiger partial charge in [0.2, 0.25) is 10.0 Å². The molecule has 0 aliphatic heterocycles. The summed E-state index contributed by atoms with van der Waals surface area (Å²) in [5, 5.41) is 0. The van der Waals surface area contributed by atoms with Crippen LogP contribution in [0.25, 0.3) is 11.0 Å². The van der Waals surface area contributed by atoms with Gasteiger partial charge in [0.1, 0.15) is 15.9 Å². The summed E-state index contributed by atoms with van der Waals surface area (Å²) in [5.41, 5.74) is 1.28. The first-order valence-corrected chi connectivity index (χ1v) is 11.4. The van der Waals surface area contributed by atoms with Gasteiger partial charge in [-0.25, -0.2) is 13.1 Å². The Morgan fingerprint density at radius 1 is 1.12 bits per heavy atom. The molecular weight excluding hydrogens is 354 g/mol. The Hall–Kier alpha value is -1.05. The second-order valence-electron chi connectivity index (χ2n) is 8.51. The number of nitrogens with zero attached hydrogens (tertiary/aromatic N) is 2. The highest BCUT2D eigenvalue weighted by Crippen LogP contribution is 2.61. The van der Waals surface area contributed by atoms with Crippen molar-refractivity contribution in [2.45, 2.75) is 56.4 Å². The van der Waals surface area contributed by atoms with Crippen LogP contribution in [0.4, 0.5) is 0 Å². The smallest absolute Gasteiger partial charge is 0.208 e. The van der Waals surface area contributed by atoms with Crippen molar-refractivity contribution in [2.75, 3.05) is 0 Å². The molecule has 4 saturated carbocycles. The van der Waals surface area contributed by atoms with Crippen LogP contribution >= 0.6 is 11.7 Å². The number of hydrogen-bond acceptors (Lipinski definition) is 5. The van der Waals surface area contributed by atoms with Gasteiger partial charge in [-0.1, -0.05) is 6.07 Å². The van der Waals surface area contributed by atoms with Gasteiger partial charge >= 0.3 is 0 Å². The van der Waals surface area contributed by atoms with Crippen LogP contribution in [0.15, 0.2) is 23.1 Å². The van der Waals surface area contributed by atoms with E-state index in [2.05, 4.69) is 20.4 Å². The Bertz CT molecular complexity index is 886. The number of hydrogen-bond donors (Lipinski definition) is 1. The number of fused-ring (bicyclic) bond motifs is 1. The van der Waals surface area contributed by atoms with Crippen LogP contribution in [0.3, 0.4) is 0 Å². The fraction of sp³-hybridized carbons (Fsp3) is 0.667. The Kier molecular flexibility index (Phi) is 3.53. The summed E-state index contributed by atoms with van der Waals surface area (Å²) < 4.78 is 37.5. The monoisotopic (exact) mass is 377 g/mol. The summed E-state index contributed by atoms with van der Waals surface area (Å²) in [6, 6.07) is 5.15. The highest BCUT2D eigenvalue weighted by Gasteiger charge is 2.53. The second-order valence-corrected chi connectivity index (χ2v) is 10.7. The van der Waals surface area contributed by atoms with Crippen LogP contribution in [-0.2, 0) is 10.0 Å². The van der Waals surface area contributed by atoms with Gasteiger partial charge in [0.05, 0.1) is 11.7 Å². The molecule has 4 bridgehead atoms. The molecule has 0 spiro atoms. The molecule has 4 aliphatic rings. The van der Waals surface area contributed by atoms with Crippen molar-refractivity contribution in [1.82, 2.24) is 13.5 Å². The molecular formula is C18H23N3O2S2. The first-order valence-electron chi connectivity index (χ1n) is 9.19. The Morgan fingerprint density at radius 2 is 1.76 bits per heavy atom. The van der Waals surface area contributed by atoms with Crippen molar-refractivity contribution in [3.8, 4) is 0 Å². The van der Waals surface area contributed by atoms with Gasteiger partial charge in [0.25, 0.3) is 0 Å². The molecule has 1 heterocycles. The predicted octanol–water partition coefficient (Wildman–Crippen LogP) is 3.57. The molecule has 6 rings (SSSR count). The van der Waals surface area contributed by atoms with E-state index in [0.717, 1.165) is 29.5 Å². The van der Waals surface area contributed by atoms with E-state index in [9.17, 15) is 8.42 Å². The molecule has 4 fully saturated rings. The average molecular weight is 378 g/mol. The van der Waals surface area contributed by atoms with Crippen molar-refractivity contribution >= 4 is 32.8 Å². The molecule has 134 valence electrons. The quantitative estimate of drug-likeness (QED) is 0.884. The first-order chi connectivity index (χ1) is 12.0. The topological polar surface area (TPSA) is 72.0 Å². The molecule has 1 aromatic heterocycles. The number of aromatic nitrogens is 2. The summed E-state index contributed by atoms with van der Waals surface area (Å²) in [5.74, 6) is 2.43. The maximum atomic E-state index is 13.1. The number of sulfonamides is 1. The van der Waals surface area contributed by atoms with Crippen LogP contribution < -0.4 is 4.72 Å². The highest BCUT2D eigenvalue weighted by molar-refractivity contribution is 7.89. The number of nitrogens with one attached hydrogen (secondary N) is 1. The summed E-state index contributed by atoms with van der Waals surface area (Å²) in [4.78, 5) is 0.260. The molecule has 1 atom stereocenters. The first kappa shape index (κ1) is 16.1. The van der Waals surface area contributed by atoms with Crippen molar-refractivity contribution < 1.29 is 8.42 Å². The summed E-state index contributed by atoms with van der Waals surface area (Å²) >= 11 is 1.06. The van der Waals surface area contributed by atoms with Gasteiger partial charge in [-0.15, -0.1) is 0 Å². The van der Waals surface area contributed by atoms with Gasteiger partial charge in [-0.2, -0.15) is 8.75 Å². The van der Waals surface area contributed by atoms with E-state index in [1.165, 1.54) is 38.5 Å². The normalized spacial score (nSPS) is 35.3. The zero-order valence-electron chi connectivity index (χ0n) is 14.3. The largest absolute Gasteiger partial charge is 0.243 e. The van der Waals surface area contributed by atoms with E-state index < -0.39 is 10.0 Å². The zero-order valence-corrected chi connectivity index (χ0v) is 15.9. The minimum absolute atomic E-state index is 0.0345. The summed E-state index contributed by atoms with van der Waals surface area (Å²) in [6.07, 6.45) is 7.65. The summed E-state index contributed by atoms with van der Waals surface area (Å²) in [7, 11) is -3.60. The standard InChI is InChI=1S/C18H23N3O2S2/c1-11(18-8-12-5-13(9-18)7-14(6-12)10-18)21-25(22,23)16-4-2-3-15-17(16)20-24-19-15/h2-4,11-14,21H,5-10H2,1H3/t11-,12?,13?,14?,18?/m1/s1.